The van der Waals surface area contributed by atoms with Gasteiger partial charge in [0, 0.05) is 5.69 Å². The summed E-state index contributed by atoms with van der Waals surface area (Å²) in [5, 5.41) is 3.00. The lowest BCUT2D eigenvalue weighted by Gasteiger charge is -2.08. The Hall–Kier alpha value is -2.70. The van der Waals surface area contributed by atoms with Crippen molar-refractivity contribution in [2.24, 2.45) is 0 Å². The number of hydrogen-bond acceptors (Lipinski definition) is 7. The van der Waals surface area contributed by atoms with E-state index in [1.165, 1.54) is 7.11 Å². The maximum atomic E-state index is 11.4. The van der Waals surface area contributed by atoms with Crippen LogP contribution in [0.2, 0.25) is 0 Å². The molecule has 0 radical (unpaired) electrons. The smallest absolute Gasteiger partial charge is 0.376 e. The molecule has 20 heavy (non-hydrogen) atoms. The van der Waals surface area contributed by atoms with Crippen LogP contribution in [0.15, 0.2) is 18.2 Å². The van der Waals surface area contributed by atoms with Crippen molar-refractivity contribution in [1.29, 1.82) is 0 Å². The predicted molar refractivity (Wildman–Crippen MR) is 74.8 cm³/mol. The Balaban J connectivity index is 2.33. The minimum Gasteiger partial charge on any atom is -0.463 e. The summed E-state index contributed by atoms with van der Waals surface area (Å²) in [4.78, 5) is 23.1. The maximum Gasteiger partial charge on any atom is 0.376 e. The number of nitrogens with zero attached hydrogens (tertiary/aromatic N) is 3. The summed E-state index contributed by atoms with van der Waals surface area (Å²) >= 11 is 0. The highest BCUT2D eigenvalue weighted by Gasteiger charge is 2.13. The van der Waals surface area contributed by atoms with Crippen LogP contribution in [0.5, 0.6) is 0 Å². The highest BCUT2D eigenvalue weighted by Crippen LogP contribution is 2.17. The molecule has 3 N–H and O–H groups in total. The molecular formula is C13H15N5O2. The number of carbonyl (C=O) groups is 1. The molecule has 2 rings (SSSR count). The molecule has 0 bridgehead atoms. The van der Waals surface area contributed by atoms with Crippen molar-refractivity contribution in [3.05, 3.63) is 35.2 Å². The lowest BCUT2D eigenvalue weighted by atomic mass is 10.1. The maximum absolute atomic E-state index is 11.4. The number of aromatic nitrogens is 3. The molecule has 1 aromatic heterocycles. The van der Waals surface area contributed by atoms with E-state index >= 15 is 0 Å². The van der Waals surface area contributed by atoms with Crippen molar-refractivity contribution in [2.75, 3.05) is 18.2 Å². The van der Waals surface area contributed by atoms with E-state index in [1.807, 2.05) is 32.0 Å². The number of anilines is 3. The first-order valence-electron chi connectivity index (χ1n) is 5.93. The number of ether oxygens (including phenoxy) is 1. The first kappa shape index (κ1) is 13.7. The second-order valence-electron chi connectivity index (χ2n) is 4.33. The van der Waals surface area contributed by atoms with Gasteiger partial charge in [-0.2, -0.15) is 15.0 Å². The molecule has 0 saturated carbocycles. The zero-order valence-corrected chi connectivity index (χ0v) is 11.5. The summed E-state index contributed by atoms with van der Waals surface area (Å²) in [6, 6.07) is 5.92. The van der Waals surface area contributed by atoms with Gasteiger partial charge in [-0.3, -0.25) is 0 Å². The average molecular weight is 273 g/mol. The molecule has 0 atom stereocenters. The van der Waals surface area contributed by atoms with Crippen molar-refractivity contribution < 1.29 is 9.53 Å². The third-order valence-electron chi connectivity index (χ3n) is 2.50. The van der Waals surface area contributed by atoms with Crippen molar-refractivity contribution in [2.45, 2.75) is 13.8 Å². The second-order valence-corrected chi connectivity index (χ2v) is 4.33. The summed E-state index contributed by atoms with van der Waals surface area (Å²) in [5.74, 6) is -0.648. The normalized spacial score (nSPS) is 10.2. The average Bonchev–Trinajstić information content (AvgIpc) is 2.35. The quantitative estimate of drug-likeness (QED) is 0.818. The number of benzene rings is 1. The van der Waals surface area contributed by atoms with Gasteiger partial charge in [0.15, 0.2) is 0 Å². The van der Waals surface area contributed by atoms with E-state index in [2.05, 4.69) is 25.0 Å². The van der Waals surface area contributed by atoms with Crippen LogP contribution >= 0.6 is 0 Å². The van der Waals surface area contributed by atoms with Crippen LogP contribution in [0.25, 0.3) is 0 Å². The lowest BCUT2D eigenvalue weighted by Crippen LogP contribution is -2.12. The van der Waals surface area contributed by atoms with Gasteiger partial charge in [-0.15, -0.1) is 0 Å². The number of nitrogen functional groups attached to an aromatic ring is 1. The topological polar surface area (TPSA) is 103 Å². The molecule has 0 unspecified atom stereocenters. The summed E-state index contributed by atoms with van der Waals surface area (Å²) in [6.45, 7) is 3.97. The molecule has 0 aliphatic carbocycles. The molecular weight excluding hydrogens is 258 g/mol. The number of nitrogens with one attached hydrogen (secondary N) is 1. The molecule has 1 heterocycles. The first-order valence-corrected chi connectivity index (χ1v) is 5.93. The van der Waals surface area contributed by atoms with Crippen LogP contribution in [0.1, 0.15) is 21.7 Å². The molecule has 7 heteroatoms. The van der Waals surface area contributed by atoms with E-state index in [9.17, 15) is 4.79 Å². The van der Waals surface area contributed by atoms with Gasteiger partial charge in [0.2, 0.25) is 17.7 Å². The molecule has 7 nitrogen and oxygen atoms in total. The zero-order chi connectivity index (χ0) is 14.7. The number of hydrogen-bond donors (Lipinski definition) is 2. The third kappa shape index (κ3) is 3.19. The van der Waals surface area contributed by atoms with Crippen LogP contribution in [-0.2, 0) is 4.74 Å². The summed E-state index contributed by atoms with van der Waals surface area (Å²) in [7, 11) is 1.25. The van der Waals surface area contributed by atoms with E-state index in [-0.39, 0.29) is 17.7 Å². The number of nitrogens with two attached hydrogens (primary N) is 1. The van der Waals surface area contributed by atoms with Crippen molar-refractivity contribution >= 4 is 23.6 Å². The molecule has 0 spiro atoms. The van der Waals surface area contributed by atoms with Crippen LogP contribution < -0.4 is 11.1 Å². The van der Waals surface area contributed by atoms with E-state index in [4.69, 9.17) is 5.73 Å². The second kappa shape index (κ2) is 5.52. The number of carbonyl (C=O) groups excluding carboxylic acids is 1. The van der Waals surface area contributed by atoms with E-state index in [1.54, 1.807) is 0 Å². The van der Waals surface area contributed by atoms with Crippen LogP contribution in [-0.4, -0.2) is 28.0 Å². The van der Waals surface area contributed by atoms with Crippen LogP contribution in [0.3, 0.4) is 0 Å². The summed E-state index contributed by atoms with van der Waals surface area (Å²) in [6.07, 6.45) is 0. The zero-order valence-electron chi connectivity index (χ0n) is 11.5. The number of esters is 1. The Morgan fingerprint density at radius 2 is 1.80 bits per heavy atom. The Bertz CT molecular complexity index is 637. The molecule has 0 amide bonds. The third-order valence-corrected chi connectivity index (χ3v) is 2.50. The van der Waals surface area contributed by atoms with Gasteiger partial charge in [-0.1, -0.05) is 6.07 Å². The predicted octanol–water partition coefficient (Wildman–Crippen LogP) is 1.60. The largest absolute Gasteiger partial charge is 0.463 e. The highest BCUT2D eigenvalue weighted by molar-refractivity contribution is 5.85. The van der Waals surface area contributed by atoms with Gasteiger partial charge in [0.05, 0.1) is 7.11 Å². The molecule has 2 aromatic rings. The molecule has 104 valence electrons. The number of rotatable bonds is 3. The Kier molecular flexibility index (Phi) is 3.79. The number of methoxy groups -OCH3 is 1. The van der Waals surface area contributed by atoms with Crippen molar-refractivity contribution in [1.82, 2.24) is 15.0 Å². The molecule has 0 aliphatic rings. The van der Waals surface area contributed by atoms with Crippen LogP contribution in [0.4, 0.5) is 17.6 Å². The van der Waals surface area contributed by atoms with E-state index < -0.39 is 5.97 Å². The van der Waals surface area contributed by atoms with Crippen molar-refractivity contribution in [3.63, 3.8) is 0 Å². The van der Waals surface area contributed by atoms with Crippen molar-refractivity contribution in [3.8, 4) is 0 Å². The summed E-state index contributed by atoms with van der Waals surface area (Å²) in [5.41, 5.74) is 8.56. The standard InChI is InChI=1S/C13H15N5O2/c1-7-4-8(2)6-9(5-7)15-13-17-10(11(19)20-3)16-12(14)18-13/h4-6H,1-3H3,(H3,14,15,16,17,18). The molecule has 0 fully saturated rings. The van der Waals surface area contributed by atoms with Crippen LogP contribution in [0, 0.1) is 13.8 Å². The van der Waals surface area contributed by atoms with Gasteiger partial charge in [0.25, 0.3) is 0 Å². The van der Waals surface area contributed by atoms with E-state index in [0.717, 1.165) is 16.8 Å². The molecule has 0 saturated heterocycles. The Morgan fingerprint density at radius 3 is 2.40 bits per heavy atom. The Labute approximate surface area is 116 Å². The minimum absolute atomic E-state index is 0.0488. The van der Waals surface area contributed by atoms with Gasteiger partial charge in [-0.05, 0) is 37.1 Å². The van der Waals surface area contributed by atoms with E-state index in [0.29, 0.717) is 0 Å². The lowest BCUT2D eigenvalue weighted by molar-refractivity contribution is 0.0586. The fraction of sp³-hybridized carbons (Fsp3) is 0.231. The van der Waals surface area contributed by atoms with Gasteiger partial charge < -0.3 is 15.8 Å². The number of aryl methyl sites for hydroxylation is 2. The highest BCUT2D eigenvalue weighted by atomic mass is 16.5. The SMILES string of the molecule is COC(=O)c1nc(N)nc(Nc2cc(C)cc(C)c2)n1. The fourth-order valence-corrected chi connectivity index (χ4v) is 1.81. The van der Waals surface area contributed by atoms with Gasteiger partial charge >= 0.3 is 5.97 Å². The molecule has 1 aromatic carbocycles. The minimum atomic E-state index is -0.664. The first-order chi connectivity index (χ1) is 9.47. The molecule has 0 aliphatic heterocycles. The van der Waals surface area contributed by atoms with Gasteiger partial charge in [-0.25, -0.2) is 4.79 Å². The fourth-order valence-electron chi connectivity index (χ4n) is 1.81. The summed E-state index contributed by atoms with van der Waals surface area (Å²) < 4.78 is 4.56. The van der Waals surface area contributed by atoms with Gasteiger partial charge in [0.1, 0.15) is 0 Å². The monoisotopic (exact) mass is 273 g/mol. The Morgan fingerprint density at radius 1 is 1.15 bits per heavy atom.